The Labute approximate surface area is 58.0 Å². The van der Waals surface area contributed by atoms with Crippen LogP contribution in [-0.4, -0.2) is 18.9 Å². The zero-order valence-electron chi connectivity index (χ0n) is 5.73. The Kier molecular flexibility index (Phi) is 4.98. The van der Waals surface area contributed by atoms with E-state index in [-0.39, 0.29) is 12.9 Å². The van der Waals surface area contributed by atoms with Gasteiger partial charge in [-0.2, -0.15) is 4.39 Å². The zero-order valence-corrected chi connectivity index (χ0v) is 5.73. The molecule has 0 aromatic carbocycles. The molecule has 0 bridgehead atoms. The number of alkyl halides is 2. The number of hydrogen-bond acceptors (Lipinski definition) is 1. The molecule has 10 heavy (non-hydrogen) atoms. The van der Waals surface area contributed by atoms with Gasteiger partial charge in [-0.3, -0.25) is 4.99 Å². The van der Waals surface area contributed by atoms with Crippen LogP contribution < -0.4 is 0 Å². The maximum absolute atomic E-state index is 11.8. The highest BCUT2D eigenvalue weighted by atomic mass is 19.3. The van der Waals surface area contributed by atoms with Crippen molar-refractivity contribution in [3.05, 3.63) is 0 Å². The Morgan fingerprint density at radius 2 is 2.10 bits per heavy atom. The van der Waals surface area contributed by atoms with Crippen molar-refractivity contribution in [1.82, 2.24) is 0 Å². The van der Waals surface area contributed by atoms with Crippen LogP contribution in [0.2, 0.25) is 0 Å². The first-order valence-corrected chi connectivity index (χ1v) is 3.12. The molecule has 0 aromatic rings. The number of nitrogens with zero attached hydrogens (tertiary/aromatic N) is 1. The van der Waals surface area contributed by atoms with Crippen LogP contribution in [0.25, 0.3) is 0 Å². The van der Waals surface area contributed by atoms with Crippen LogP contribution in [0, 0.1) is 0 Å². The minimum atomic E-state index is -2.55. The van der Waals surface area contributed by atoms with Crippen molar-refractivity contribution in [2.75, 3.05) is 0 Å². The molecule has 0 aliphatic carbocycles. The van der Waals surface area contributed by atoms with Crippen molar-refractivity contribution >= 4 is 6.47 Å². The summed E-state index contributed by atoms with van der Waals surface area (Å²) < 4.78 is 34.9. The molecule has 4 heteroatoms. The van der Waals surface area contributed by atoms with Crippen LogP contribution in [0.15, 0.2) is 4.99 Å². The Morgan fingerprint density at radius 3 is 2.40 bits per heavy atom. The first-order chi connectivity index (χ1) is 4.72. The summed E-state index contributed by atoms with van der Waals surface area (Å²) in [5.41, 5.74) is 0. The van der Waals surface area contributed by atoms with Gasteiger partial charge in [0, 0.05) is 0 Å². The molecule has 0 radical (unpaired) electrons. The fourth-order valence-corrected chi connectivity index (χ4v) is 0.634. The molecule has 0 rings (SSSR count). The van der Waals surface area contributed by atoms with Gasteiger partial charge in [0.2, 0.25) is 0 Å². The van der Waals surface area contributed by atoms with E-state index in [1.165, 1.54) is 0 Å². The average molecular weight is 153 g/mol. The number of aliphatic imine (C=N–C) groups is 1. The minimum Gasteiger partial charge on any atom is -0.255 e. The standard InChI is InChI=1S/C6H10F3N/c1-2-3-5(6(8)9)10-4-7/h4-6H,2-3H2,1H3. The lowest BCUT2D eigenvalue weighted by molar-refractivity contribution is 0.112. The fraction of sp³-hybridized carbons (Fsp3) is 0.833. The van der Waals surface area contributed by atoms with Crippen LogP contribution in [0.4, 0.5) is 13.2 Å². The minimum absolute atomic E-state index is 0.0630. The van der Waals surface area contributed by atoms with Gasteiger partial charge in [-0.05, 0) is 6.42 Å². The summed E-state index contributed by atoms with van der Waals surface area (Å²) in [5, 5.41) is 0. The second kappa shape index (κ2) is 5.26. The highest BCUT2D eigenvalue weighted by molar-refractivity contribution is 5.44. The molecular weight excluding hydrogens is 143 g/mol. The fourth-order valence-electron chi connectivity index (χ4n) is 0.634. The smallest absolute Gasteiger partial charge is 0.255 e. The molecule has 1 atom stereocenters. The lowest BCUT2D eigenvalue weighted by Gasteiger charge is -2.07. The molecule has 0 saturated heterocycles. The highest BCUT2D eigenvalue weighted by Gasteiger charge is 2.16. The van der Waals surface area contributed by atoms with Crippen molar-refractivity contribution < 1.29 is 13.2 Å². The van der Waals surface area contributed by atoms with E-state index in [0.29, 0.717) is 6.42 Å². The Balaban J connectivity index is 3.72. The lowest BCUT2D eigenvalue weighted by atomic mass is 10.2. The molecule has 0 aliphatic heterocycles. The monoisotopic (exact) mass is 153 g/mol. The van der Waals surface area contributed by atoms with Gasteiger partial charge in [-0.1, -0.05) is 13.3 Å². The Morgan fingerprint density at radius 1 is 1.50 bits per heavy atom. The highest BCUT2D eigenvalue weighted by Crippen LogP contribution is 2.10. The molecule has 0 saturated carbocycles. The summed E-state index contributed by atoms with van der Waals surface area (Å²) >= 11 is 0. The maximum Gasteiger partial charge on any atom is 0.260 e. The lowest BCUT2D eigenvalue weighted by Crippen LogP contribution is -2.14. The van der Waals surface area contributed by atoms with Crippen LogP contribution in [0.3, 0.4) is 0 Å². The van der Waals surface area contributed by atoms with E-state index in [2.05, 4.69) is 4.99 Å². The van der Waals surface area contributed by atoms with Gasteiger partial charge in [0.1, 0.15) is 6.04 Å². The summed E-state index contributed by atoms with van der Waals surface area (Å²) in [4.78, 5) is 2.97. The van der Waals surface area contributed by atoms with Gasteiger partial charge in [0.05, 0.1) is 0 Å². The summed E-state index contributed by atoms with van der Waals surface area (Å²) in [7, 11) is 0. The summed E-state index contributed by atoms with van der Waals surface area (Å²) in [6.45, 7) is 1.69. The second-order valence-electron chi connectivity index (χ2n) is 1.94. The van der Waals surface area contributed by atoms with Crippen molar-refractivity contribution in [3.63, 3.8) is 0 Å². The molecule has 0 amide bonds. The van der Waals surface area contributed by atoms with Crippen LogP contribution >= 0.6 is 0 Å². The van der Waals surface area contributed by atoms with Crippen LogP contribution in [0.5, 0.6) is 0 Å². The predicted molar refractivity (Wildman–Crippen MR) is 34.3 cm³/mol. The molecule has 0 N–H and O–H groups in total. The molecule has 0 heterocycles. The van der Waals surface area contributed by atoms with Crippen molar-refractivity contribution in [3.8, 4) is 0 Å². The van der Waals surface area contributed by atoms with E-state index in [9.17, 15) is 13.2 Å². The first kappa shape index (κ1) is 9.46. The van der Waals surface area contributed by atoms with Gasteiger partial charge < -0.3 is 0 Å². The molecule has 1 unspecified atom stereocenters. The SMILES string of the molecule is CCCC(N=CF)C(F)F. The number of rotatable bonds is 4. The third-order valence-corrected chi connectivity index (χ3v) is 1.12. The van der Waals surface area contributed by atoms with E-state index in [4.69, 9.17) is 0 Å². The summed E-state index contributed by atoms with van der Waals surface area (Å²) in [6.07, 6.45) is -1.73. The van der Waals surface area contributed by atoms with Crippen LogP contribution in [-0.2, 0) is 0 Å². The third kappa shape index (κ3) is 3.48. The van der Waals surface area contributed by atoms with Crippen molar-refractivity contribution in [1.29, 1.82) is 0 Å². The van der Waals surface area contributed by atoms with E-state index >= 15 is 0 Å². The number of hydrogen-bond donors (Lipinski definition) is 0. The van der Waals surface area contributed by atoms with Gasteiger partial charge in [-0.15, -0.1) is 0 Å². The first-order valence-electron chi connectivity index (χ1n) is 3.12. The van der Waals surface area contributed by atoms with E-state index in [1.807, 2.05) is 0 Å². The molecule has 0 aromatic heterocycles. The van der Waals surface area contributed by atoms with Crippen molar-refractivity contribution in [2.24, 2.45) is 4.99 Å². The van der Waals surface area contributed by atoms with E-state index in [0.717, 1.165) is 0 Å². The molecule has 1 nitrogen and oxygen atoms in total. The van der Waals surface area contributed by atoms with Gasteiger partial charge in [0.25, 0.3) is 6.43 Å². The zero-order chi connectivity index (χ0) is 7.98. The van der Waals surface area contributed by atoms with E-state index in [1.54, 1.807) is 6.92 Å². The molecule has 0 spiro atoms. The quantitative estimate of drug-likeness (QED) is 0.550. The van der Waals surface area contributed by atoms with Crippen LogP contribution in [0.1, 0.15) is 19.8 Å². The molecular formula is C6H10F3N. The topological polar surface area (TPSA) is 12.4 Å². The Bertz CT molecular complexity index is 103. The van der Waals surface area contributed by atoms with E-state index < -0.39 is 12.5 Å². The average Bonchev–Trinajstić information content (AvgIpc) is 1.87. The molecule has 60 valence electrons. The van der Waals surface area contributed by atoms with Gasteiger partial charge in [-0.25, -0.2) is 8.78 Å². The van der Waals surface area contributed by atoms with Crippen molar-refractivity contribution in [2.45, 2.75) is 32.2 Å². The summed E-state index contributed by atoms with van der Waals surface area (Å²) in [5.74, 6) is 0. The maximum atomic E-state index is 11.8. The second-order valence-corrected chi connectivity index (χ2v) is 1.94. The molecule has 0 fully saturated rings. The predicted octanol–water partition coefficient (Wildman–Crippen LogP) is 2.42. The normalized spacial score (nSPS) is 14.9. The molecule has 0 aliphatic rings. The van der Waals surface area contributed by atoms with Gasteiger partial charge in [0.15, 0.2) is 6.47 Å². The Hall–Kier alpha value is -0.540. The summed E-state index contributed by atoms with van der Waals surface area (Å²) in [6, 6.07) is -1.16. The largest absolute Gasteiger partial charge is 0.260 e. The third-order valence-electron chi connectivity index (χ3n) is 1.12. The van der Waals surface area contributed by atoms with Gasteiger partial charge >= 0.3 is 0 Å². The number of halogens is 3.